The van der Waals surface area contributed by atoms with Gasteiger partial charge in [0.25, 0.3) is 0 Å². The van der Waals surface area contributed by atoms with Crippen LogP contribution in [-0.2, 0) is 6.54 Å². The summed E-state index contributed by atoms with van der Waals surface area (Å²) >= 11 is 0. The minimum Gasteiger partial charge on any atom is -0.497 e. The van der Waals surface area contributed by atoms with Crippen molar-refractivity contribution in [3.63, 3.8) is 0 Å². The molecule has 2 aromatic rings. The fourth-order valence-electron chi connectivity index (χ4n) is 3.69. The lowest BCUT2D eigenvalue weighted by Gasteiger charge is -2.30. The summed E-state index contributed by atoms with van der Waals surface area (Å²) in [5, 5.41) is 0. The molecule has 0 amide bonds. The van der Waals surface area contributed by atoms with Crippen molar-refractivity contribution in [2.45, 2.75) is 25.8 Å². The predicted molar refractivity (Wildman–Crippen MR) is 88.8 cm³/mol. The topological polar surface area (TPSA) is 33.5 Å². The maximum Gasteiger partial charge on any atom is 0.206 e. The quantitative estimate of drug-likeness (QED) is 0.868. The average molecular weight is 300 g/mol. The number of aryl methyl sites for hydroxylation is 1. The van der Waals surface area contributed by atoms with Gasteiger partial charge in [-0.25, -0.2) is 4.98 Å². The van der Waals surface area contributed by atoms with Gasteiger partial charge in [-0.1, -0.05) is 0 Å². The van der Waals surface area contributed by atoms with Crippen molar-refractivity contribution in [1.82, 2.24) is 14.5 Å². The van der Waals surface area contributed by atoms with E-state index >= 15 is 0 Å². The molecule has 2 aliphatic rings. The van der Waals surface area contributed by atoms with E-state index in [0.29, 0.717) is 0 Å². The standard InChI is InChI=1S/C17H24N4O/c1-22-14-5-6-16-15(13-14)18-17-20(9-4-10-21(16)17)12-11-19-7-2-3-8-19/h5-6,13H,2-4,7-12H2,1H3. The molecule has 1 saturated heterocycles. The molecule has 4 rings (SSSR count). The SMILES string of the molecule is COc1ccc2c(c1)nc1n2CCCN1CCN1CCCC1. The van der Waals surface area contributed by atoms with Crippen LogP contribution in [0.25, 0.3) is 11.0 Å². The predicted octanol–water partition coefficient (Wildman–Crippen LogP) is 2.35. The zero-order chi connectivity index (χ0) is 14.9. The van der Waals surface area contributed by atoms with Gasteiger partial charge in [0.05, 0.1) is 18.1 Å². The van der Waals surface area contributed by atoms with Gasteiger partial charge in [-0.05, 0) is 44.5 Å². The minimum atomic E-state index is 0.881. The van der Waals surface area contributed by atoms with Crippen LogP contribution >= 0.6 is 0 Å². The van der Waals surface area contributed by atoms with Gasteiger partial charge in [0.2, 0.25) is 5.95 Å². The van der Waals surface area contributed by atoms with Crippen LogP contribution in [-0.4, -0.2) is 54.3 Å². The van der Waals surface area contributed by atoms with Crippen LogP contribution < -0.4 is 9.64 Å². The molecule has 2 aliphatic heterocycles. The molecular weight excluding hydrogens is 276 g/mol. The number of likely N-dealkylation sites (tertiary alicyclic amines) is 1. The van der Waals surface area contributed by atoms with Gasteiger partial charge in [0.15, 0.2) is 0 Å². The van der Waals surface area contributed by atoms with Gasteiger partial charge in [-0.2, -0.15) is 0 Å². The molecule has 118 valence electrons. The molecule has 1 fully saturated rings. The largest absolute Gasteiger partial charge is 0.497 e. The van der Waals surface area contributed by atoms with E-state index in [9.17, 15) is 0 Å². The van der Waals surface area contributed by atoms with Crippen molar-refractivity contribution >= 4 is 17.0 Å². The molecule has 5 heteroatoms. The number of anilines is 1. The molecule has 0 atom stereocenters. The van der Waals surface area contributed by atoms with Gasteiger partial charge < -0.3 is 19.1 Å². The van der Waals surface area contributed by atoms with Crippen LogP contribution in [0.5, 0.6) is 5.75 Å². The Morgan fingerprint density at radius 3 is 2.73 bits per heavy atom. The Balaban J connectivity index is 1.59. The summed E-state index contributed by atoms with van der Waals surface area (Å²) < 4.78 is 7.69. The second kappa shape index (κ2) is 5.80. The summed E-state index contributed by atoms with van der Waals surface area (Å²) in [6.45, 7) is 6.96. The van der Waals surface area contributed by atoms with Crippen LogP contribution in [0.1, 0.15) is 19.3 Å². The van der Waals surface area contributed by atoms with Crippen molar-refractivity contribution < 1.29 is 4.74 Å². The zero-order valence-electron chi connectivity index (χ0n) is 13.3. The molecule has 22 heavy (non-hydrogen) atoms. The maximum atomic E-state index is 5.33. The number of hydrogen-bond acceptors (Lipinski definition) is 4. The normalized spacial score (nSPS) is 18.9. The minimum absolute atomic E-state index is 0.881. The van der Waals surface area contributed by atoms with Crippen molar-refractivity contribution in [2.75, 3.05) is 44.7 Å². The Labute approximate surface area is 131 Å². The van der Waals surface area contributed by atoms with E-state index in [0.717, 1.165) is 43.4 Å². The third kappa shape index (κ3) is 2.43. The molecule has 0 aliphatic carbocycles. The van der Waals surface area contributed by atoms with E-state index in [1.807, 2.05) is 12.1 Å². The number of hydrogen-bond donors (Lipinski definition) is 0. The first kappa shape index (κ1) is 13.9. The number of fused-ring (bicyclic) bond motifs is 3. The molecule has 1 aromatic heterocycles. The lowest BCUT2D eigenvalue weighted by molar-refractivity contribution is 0.341. The zero-order valence-corrected chi connectivity index (χ0v) is 13.3. The number of methoxy groups -OCH3 is 1. The van der Waals surface area contributed by atoms with Gasteiger partial charge in [-0.15, -0.1) is 0 Å². The molecule has 0 unspecified atom stereocenters. The number of nitrogens with zero attached hydrogens (tertiary/aromatic N) is 4. The summed E-state index contributed by atoms with van der Waals surface area (Å²) in [5.41, 5.74) is 2.27. The van der Waals surface area contributed by atoms with Crippen molar-refractivity contribution in [1.29, 1.82) is 0 Å². The van der Waals surface area contributed by atoms with E-state index < -0.39 is 0 Å². The van der Waals surface area contributed by atoms with E-state index in [4.69, 9.17) is 9.72 Å². The van der Waals surface area contributed by atoms with E-state index in [2.05, 4.69) is 20.4 Å². The summed E-state index contributed by atoms with van der Waals surface area (Å²) in [6.07, 6.45) is 3.92. The van der Waals surface area contributed by atoms with Crippen LogP contribution in [0.4, 0.5) is 5.95 Å². The Bertz CT molecular complexity index is 660. The molecule has 0 N–H and O–H groups in total. The van der Waals surface area contributed by atoms with Gasteiger partial charge in [0.1, 0.15) is 5.75 Å². The third-order valence-electron chi connectivity index (χ3n) is 4.91. The summed E-state index contributed by atoms with van der Waals surface area (Å²) in [6, 6.07) is 6.20. The average Bonchev–Trinajstić information content (AvgIpc) is 3.19. The second-order valence-electron chi connectivity index (χ2n) is 6.31. The molecule has 0 spiro atoms. The fraction of sp³-hybridized carbons (Fsp3) is 0.588. The Morgan fingerprint density at radius 2 is 1.91 bits per heavy atom. The highest BCUT2D eigenvalue weighted by atomic mass is 16.5. The highest BCUT2D eigenvalue weighted by Crippen LogP contribution is 2.29. The molecule has 0 bridgehead atoms. The fourth-order valence-corrected chi connectivity index (χ4v) is 3.69. The van der Waals surface area contributed by atoms with E-state index in [-0.39, 0.29) is 0 Å². The number of benzene rings is 1. The van der Waals surface area contributed by atoms with Crippen LogP contribution in [0.3, 0.4) is 0 Å². The highest BCUT2D eigenvalue weighted by Gasteiger charge is 2.22. The molecule has 0 saturated carbocycles. The van der Waals surface area contributed by atoms with E-state index in [1.165, 1.54) is 37.9 Å². The van der Waals surface area contributed by atoms with Gasteiger partial charge in [-0.3, -0.25) is 0 Å². The highest BCUT2D eigenvalue weighted by molar-refractivity contribution is 5.80. The lowest BCUT2D eigenvalue weighted by atomic mass is 10.2. The number of aromatic nitrogens is 2. The number of rotatable bonds is 4. The molecule has 3 heterocycles. The smallest absolute Gasteiger partial charge is 0.206 e. The first-order valence-corrected chi connectivity index (χ1v) is 8.37. The van der Waals surface area contributed by atoms with Gasteiger partial charge >= 0.3 is 0 Å². The number of ether oxygens (including phenoxy) is 1. The first-order valence-electron chi connectivity index (χ1n) is 8.37. The van der Waals surface area contributed by atoms with Crippen molar-refractivity contribution in [3.8, 4) is 5.75 Å². The molecule has 1 aromatic carbocycles. The summed E-state index contributed by atoms with van der Waals surface area (Å²) in [5.74, 6) is 2.01. The molecule has 5 nitrogen and oxygen atoms in total. The Hall–Kier alpha value is -1.75. The Kier molecular flexibility index (Phi) is 3.66. The van der Waals surface area contributed by atoms with Crippen LogP contribution in [0, 0.1) is 0 Å². The molecule has 0 radical (unpaired) electrons. The summed E-state index contributed by atoms with van der Waals surface area (Å²) in [4.78, 5) is 9.91. The monoisotopic (exact) mass is 300 g/mol. The lowest BCUT2D eigenvalue weighted by Crippen LogP contribution is -2.38. The van der Waals surface area contributed by atoms with Crippen molar-refractivity contribution in [2.24, 2.45) is 0 Å². The Morgan fingerprint density at radius 1 is 1.05 bits per heavy atom. The van der Waals surface area contributed by atoms with Crippen LogP contribution in [0.15, 0.2) is 18.2 Å². The van der Waals surface area contributed by atoms with Crippen LogP contribution in [0.2, 0.25) is 0 Å². The maximum absolute atomic E-state index is 5.33. The van der Waals surface area contributed by atoms with Gasteiger partial charge in [0, 0.05) is 32.2 Å². The summed E-state index contributed by atoms with van der Waals surface area (Å²) in [7, 11) is 1.71. The third-order valence-corrected chi connectivity index (χ3v) is 4.91. The first-order chi connectivity index (χ1) is 10.8. The van der Waals surface area contributed by atoms with Crippen molar-refractivity contribution in [3.05, 3.63) is 18.2 Å². The second-order valence-corrected chi connectivity index (χ2v) is 6.31. The van der Waals surface area contributed by atoms with E-state index in [1.54, 1.807) is 7.11 Å². The molecular formula is C17H24N4O. The number of imidazole rings is 1.